The van der Waals surface area contributed by atoms with E-state index in [9.17, 15) is 8.42 Å². The van der Waals surface area contributed by atoms with Crippen LogP contribution < -0.4 is 9.46 Å². The molecule has 29 heavy (non-hydrogen) atoms. The third kappa shape index (κ3) is 3.81. The summed E-state index contributed by atoms with van der Waals surface area (Å²) in [7, 11) is -2.49. The number of aromatic nitrogens is 3. The molecule has 0 aliphatic heterocycles. The Kier molecular flexibility index (Phi) is 4.98. The molecule has 0 aliphatic rings. The molecule has 2 heterocycles. The van der Waals surface area contributed by atoms with Gasteiger partial charge in [-0.15, -0.1) is 0 Å². The summed E-state index contributed by atoms with van der Waals surface area (Å²) < 4.78 is 40.9. The summed E-state index contributed by atoms with van der Waals surface area (Å²) in [6, 6.07) is 12.4. The number of benzene rings is 2. The Morgan fingerprint density at radius 1 is 1.17 bits per heavy atom. The van der Waals surface area contributed by atoms with E-state index in [0.29, 0.717) is 23.9 Å². The molecule has 9 heteroatoms. The summed E-state index contributed by atoms with van der Waals surface area (Å²) in [6.45, 7) is 2.50. The van der Waals surface area contributed by atoms with E-state index in [4.69, 9.17) is 9.26 Å². The van der Waals surface area contributed by atoms with E-state index < -0.39 is 10.0 Å². The number of rotatable bonds is 7. The molecule has 0 fully saturated rings. The Balaban J connectivity index is 1.70. The van der Waals surface area contributed by atoms with Crippen molar-refractivity contribution in [2.24, 2.45) is 0 Å². The van der Waals surface area contributed by atoms with E-state index in [2.05, 4.69) is 15.0 Å². The average molecular weight is 412 g/mol. The lowest BCUT2D eigenvalue weighted by atomic mass is 10.1. The van der Waals surface area contributed by atoms with E-state index in [0.717, 1.165) is 11.1 Å². The fourth-order valence-electron chi connectivity index (χ4n) is 3.07. The van der Waals surface area contributed by atoms with E-state index in [1.54, 1.807) is 29.1 Å². The molecule has 0 atom stereocenters. The number of methoxy groups -OCH3 is 1. The van der Waals surface area contributed by atoms with Crippen LogP contribution in [0, 0.1) is 0 Å². The van der Waals surface area contributed by atoms with Gasteiger partial charge in [-0.25, -0.2) is 8.42 Å². The summed E-state index contributed by atoms with van der Waals surface area (Å²) in [5, 5.41) is 8.68. The van der Waals surface area contributed by atoms with Gasteiger partial charge in [-0.3, -0.25) is 9.40 Å². The number of aryl methyl sites for hydroxylation is 1. The Morgan fingerprint density at radius 3 is 2.72 bits per heavy atom. The van der Waals surface area contributed by atoms with Crippen LogP contribution in [-0.4, -0.2) is 30.5 Å². The first-order valence-corrected chi connectivity index (χ1v) is 10.5. The maximum absolute atomic E-state index is 13.0. The monoisotopic (exact) mass is 412 g/mol. The van der Waals surface area contributed by atoms with Crippen molar-refractivity contribution in [3.05, 3.63) is 66.0 Å². The Bertz CT molecular complexity index is 1250. The van der Waals surface area contributed by atoms with Gasteiger partial charge < -0.3 is 9.26 Å². The number of nitrogens with one attached hydrogen (secondary N) is 1. The van der Waals surface area contributed by atoms with Gasteiger partial charge in [-0.05, 0) is 47.9 Å². The van der Waals surface area contributed by atoms with Gasteiger partial charge in [0.05, 0.1) is 19.0 Å². The first kappa shape index (κ1) is 19.0. The number of nitrogens with zero attached hydrogens (tertiary/aromatic N) is 3. The number of anilines is 1. The lowest BCUT2D eigenvalue weighted by molar-refractivity contribution is 0.402. The maximum Gasteiger partial charge on any atom is 0.266 e. The largest absolute Gasteiger partial charge is 0.495 e. The molecule has 0 radical (unpaired) electrons. The summed E-state index contributed by atoms with van der Waals surface area (Å²) in [5.41, 5.74) is 2.31. The maximum atomic E-state index is 13.0. The van der Waals surface area contributed by atoms with Gasteiger partial charge in [-0.1, -0.05) is 24.2 Å². The molecule has 0 bridgehead atoms. The highest BCUT2D eigenvalue weighted by atomic mass is 32.2. The Morgan fingerprint density at radius 2 is 2.00 bits per heavy atom. The van der Waals surface area contributed by atoms with Crippen LogP contribution in [0.15, 0.2) is 64.3 Å². The first-order valence-electron chi connectivity index (χ1n) is 9.05. The minimum absolute atomic E-state index is 0.0585. The van der Waals surface area contributed by atoms with Gasteiger partial charge in [0.25, 0.3) is 10.0 Å². The topological polar surface area (TPSA) is 99.3 Å². The minimum atomic E-state index is -3.93. The van der Waals surface area contributed by atoms with Crippen LogP contribution >= 0.6 is 0 Å². The summed E-state index contributed by atoms with van der Waals surface area (Å²) in [6.07, 6.45) is 4.26. The van der Waals surface area contributed by atoms with E-state index in [1.807, 2.05) is 37.4 Å². The molecular formula is C20H20N4O4S. The zero-order valence-electron chi connectivity index (χ0n) is 16.0. The highest BCUT2D eigenvalue weighted by Gasteiger charge is 2.23. The smallest absolute Gasteiger partial charge is 0.266 e. The number of fused-ring (bicyclic) bond motifs is 1. The summed E-state index contributed by atoms with van der Waals surface area (Å²) in [5.74, 6) is 0.396. The standard InChI is InChI=1S/C20H20N4O4S/c1-3-14-5-8-18(27-2)19(12-14)29(25,26)23-20-16-11-15(6-7-17(16)28-22-20)13-24-10-4-9-21-24/h4-12H,3,13H2,1-2H3,(H,22,23). The molecule has 1 N–H and O–H groups in total. The van der Waals surface area contributed by atoms with Gasteiger partial charge >= 0.3 is 0 Å². The predicted molar refractivity (Wildman–Crippen MR) is 109 cm³/mol. The van der Waals surface area contributed by atoms with E-state index >= 15 is 0 Å². The fourth-order valence-corrected chi connectivity index (χ4v) is 4.31. The Labute approximate surface area is 168 Å². The second kappa shape index (κ2) is 7.59. The second-order valence-electron chi connectivity index (χ2n) is 6.51. The first-order chi connectivity index (χ1) is 14.0. The number of sulfonamides is 1. The average Bonchev–Trinajstić information content (AvgIpc) is 3.37. The van der Waals surface area contributed by atoms with Gasteiger partial charge in [-0.2, -0.15) is 5.10 Å². The van der Waals surface area contributed by atoms with Crippen LogP contribution in [0.3, 0.4) is 0 Å². The predicted octanol–water partition coefficient (Wildman–Crippen LogP) is 3.44. The lowest BCUT2D eigenvalue weighted by Gasteiger charge is -2.11. The van der Waals surface area contributed by atoms with Crippen molar-refractivity contribution < 1.29 is 17.7 Å². The molecule has 2 aromatic heterocycles. The van der Waals surface area contributed by atoms with Crippen LogP contribution in [0.25, 0.3) is 11.0 Å². The zero-order valence-corrected chi connectivity index (χ0v) is 16.8. The highest BCUT2D eigenvalue weighted by molar-refractivity contribution is 7.92. The van der Waals surface area contributed by atoms with Crippen LogP contribution in [-0.2, 0) is 23.0 Å². The summed E-state index contributed by atoms with van der Waals surface area (Å²) in [4.78, 5) is 0.0585. The Hall–Kier alpha value is -3.33. The molecule has 2 aromatic carbocycles. The van der Waals surface area contributed by atoms with Gasteiger partial charge in [0.15, 0.2) is 11.4 Å². The van der Waals surface area contributed by atoms with Crippen molar-refractivity contribution in [2.45, 2.75) is 24.8 Å². The third-order valence-electron chi connectivity index (χ3n) is 4.59. The van der Waals surface area contributed by atoms with Crippen molar-refractivity contribution in [1.29, 1.82) is 0 Å². The van der Waals surface area contributed by atoms with Gasteiger partial charge in [0.1, 0.15) is 10.6 Å². The van der Waals surface area contributed by atoms with Crippen LogP contribution in [0.4, 0.5) is 5.82 Å². The molecule has 0 unspecified atom stereocenters. The molecule has 0 saturated heterocycles. The highest BCUT2D eigenvalue weighted by Crippen LogP contribution is 2.30. The SMILES string of the molecule is CCc1ccc(OC)c(S(=O)(=O)Nc2noc3ccc(Cn4cccn4)cc23)c1. The number of hydrogen-bond acceptors (Lipinski definition) is 6. The zero-order chi connectivity index (χ0) is 20.4. The summed E-state index contributed by atoms with van der Waals surface area (Å²) >= 11 is 0. The van der Waals surface area contributed by atoms with Gasteiger partial charge in [0.2, 0.25) is 0 Å². The second-order valence-corrected chi connectivity index (χ2v) is 8.16. The molecule has 150 valence electrons. The van der Waals surface area contributed by atoms with Crippen molar-refractivity contribution in [3.63, 3.8) is 0 Å². The molecular weight excluding hydrogens is 392 g/mol. The molecule has 0 saturated carbocycles. The van der Waals surface area contributed by atoms with Crippen LogP contribution in [0.5, 0.6) is 5.75 Å². The normalized spacial score (nSPS) is 11.7. The lowest BCUT2D eigenvalue weighted by Crippen LogP contribution is -2.15. The van der Waals surface area contributed by atoms with Crippen molar-refractivity contribution in [3.8, 4) is 5.75 Å². The molecule has 4 aromatic rings. The van der Waals surface area contributed by atoms with Crippen LogP contribution in [0.2, 0.25) is 0 Å². The molecule has 4 rings (SSSR count). The van der Waals surface area contributed by atoms with Gasteiger partial charge in [0, 0.05) is 12.4 Å². The van der Waals surface area contributed by atoms with E-state index in [-0.39, 0.29) is 16.5 Å². The quantitative estimate of drug-likeness (QED) is 0.499. The van der Waals surface area contributed by atoms with E-state index in [1.165, 1.54) is 7.11 Å². The molecule has 0 aliphatic carbocycles. The van der Waals surface area contributed by atoms with Crippen molar-refractivity contribution in [1.82, 2.24) is 14.9 Å². The number of hydrogen-bond donors (Lipinski definition) is 1. The molecule has 8 nitrogen and oxygen atoms in total. The minimum Gasteiger partial charge on any atom is -0.495 e. The third-order valence-corrected chi connectivity index (χ3v) is 5.96. The molecule has 0 spiro atoms. The number of ether oxygens (including phenoxy) is 1. The van der Waals surface area contributed by atoms with Crippen LogP contribution in [0.1, 0.15) is 18.1 Å². The fraction of sp³-hybridized carbons (Fsp3) is 0.200. The molecule has 0 amide bonds. The van der Waals surface area contributed by atoms with Crippen molar-refractivity contribution in [2.75, 3.05) is 11.8 Å². The van der Waals surface area contributed by atoms with Crippen molar-refractivity contribution >= 4 is 26.8 Å².